The molecule has 0 saturated carbocycles. The molecule has 64 valence electrons. The van der Waals surface area contributed by atoms with Gasteiger partial charge in [0.1, 0.15) is 12.9 Å². The molecule has 1 aromatic rings. The highest BCUT2D eigenvalue weighted by atomic mass is 79.9. The van der Waals surface area contributed by atoms with Gasteiger partial charge in [-0.3, -0.25) is 15.1 Å². The van der Waals surface area contributed by atoms with Crippen molar-refractivity contribution in [2.75, 3.05) is 0 Å². The van der Waals surface area contributed by atoms with Gasteiger partial charge in [0.15, 0.2) is 0 Å². The topological polar surface area (TPSA) is 56.0 Å². The molecule has 0 aliphatic rings. The SMILES string of the molecule is O=[N+]([O-])c1cncc(Br)c1CF. The Bertz CT molecular complexity index is 318. The number of alkyl halides is 1. The van der Waals surface area contributed by atoms with Gasteiger partial charge in [0.2, 0.25) is 0 Å². The second-order valence-corrected chi connectivity index (χ2v) is 2.86. The van der Waals surface area contributed by atoms with Gasteiger partial charge >= 0.3 is 0 Å². The summed E-state index contributed by atoms with van der Waals surface area (Å²) in [7, 11) is 0. The lowest BCUT2D eigenvalue weighted by Crippen LogP contribution is -1.95. The molecular weight excluding hydrogens is 231 g/mol. The van der Waals surface area contributed by atoms with E-state index in [1.54, 1.807) is 0 Å². The van der Waals surface area contributed by atoms with E-state index in [4.69, 9.17) is 0 Å². The zero-order valence-electron chi connectivity index (χ0n) is 5.83. The molecule has 0 amide bonds. The molecule has 0 bridgehead atoms. The molecule has 0 spiro atoms. The van der Waals surface area contributed by atoms with Crippen molar-refractivity contribution in [1.29, 1.82) is 0 Å². The molecular formula is C6H4BrFN2O2. The summed E-state index contributed by atoms with van der Waals surface area (Å²) in [6.45, 7) is -0.876. The smallest absolute Gasteiger partial charge is 0.258 e. The van der Waals surface area contributed by atoms with Crippen LogP contribution in [-0.2, 0) is 6.67 Å². The van der Waals surface area contributed by atoms with Crippen LogP contribution in [0.5, 0.6) is 0 Å². The van der Waals surface area contributed by atoms with Gasteiger partial charge in [0, 0.05) is 10.7 Å². The van der Waals surface area contributed by atoms with Crippen molar-refractivity contribution in [1.82, 2.24) is 4.98 Å². The van der Waals surface area contributed by atoms with Crippen LogP contribution in [0.3, 0.4) is 0 Å². The van der Waals surface area contributed by atoms with Crippen LogP contribution in [0.15, 0.2) is 16.9 Å². The van der Waals surface area contributed by atoms with Crippen molar-refractivity contribution in [2.45, 2.75) is 6.67 Å². The van der Waals surface area contributed by atoms with Crippen LogP contribution in [0.25, 0.3) is 0 Å². The number of hydrogen-bond acceptors (Lipinski definition) is 3. The zero-order chi connectivity index (χ0) is 9.14. The van der Waals surface area contributed by atoms with Crippen molar-refractivity contribution in [3.05, 3.63) is 32.5 Å². The highest BCUT2D eigenvalue weighted by molar-refractivity contribution is 9.10. The summed E-state index contributed by atoms with van der Waals surface area (Å²) >= 11 is 2.97. The lowest BCUT2D eigenvalue weighted by molar-refractivity contribution is -0.386. The molecule has 0 N–H and O–H groups in total. The van der Waals surface area contributed by atoms with Crippen molar-refractivity contribution < 1.29 is 9.31 Å². The van der Waals surface area contributed by atoms with E-state index in [-0.39, 0.29) is 11.3 Å². The van der Waals surface area contributed by atoms with E-state index in [0.717, 1.165) is 6.20 Å². The molecule has 0 saturated heterocycles. The molecule has 1 heterocycles. The molecule has 0 fully saturated rings. The largest absolute Gasteiger partial charge is 0.294 e. The predicted molar refractivity (Wildman–Crippen MR) is 43.4 cm³/mol. The van der Waals surface area contributed by atoms with Crippen molar-refractivity contribution in [3.63, 3.8) is 0 Å². The number of rotatable bonds is 2. The third kappa shape index (κ3) is 1.58. The van der Waals surface area contributed by atoms with Gasteiger partial charge in [0.05, 0.1) is 10.5 Å². The highest BCUT2D eigenvalue weighted by Crippen LogP contribution is 2.25. The maximum atomic E-state index is 12.2. The quantitative estimate of drug-likeness (QED) is 0.583. The number of halogens is 2. The van der Waals surface area contributed by atoms with E-state index >= 15 is 0 Å². The fraction of sp³-hybridized carbons (Fsp3) is 0.167. The first-order valence-electron chi connectivity index (χ1n) is 2.99. The number of nitro groups is 1. The zero-order valence-corrected chi connectivity index (χ0v) is 7.41. The van der Waals surface area contributed by atoms with Gasteiger partial charge in [-0.15, -0.1) is 0 Å². The third-order valence-electron chi connectivity index (χ3n) is 1.31. The number of pyridine rings is 1. The lowest BCUT2D eigenvalue weighted by atomic mass is 10.2. The first-order valence-corrected chi connectivity index (χ1v) is 3.79. The summed E-state index contributed by atoms with van der Waals surface area (Å²) in [6, 6.07) is 0. The van der Waals surface area contributed by atoms with Gasteiger partial charge in [-0.1, -0.05) is 0 Å². The lowest BCUT2D eigenvalue weighted by Gasteiger charge is -1.98. The molecule has 4 nitrogen and oxygen atoms in total. The van der Waals surface area contributed by atoms with Crippen molar-refractivity contribution >= 4 is 21.6 Å². The average molecular weight is 235 g/mol. The number of nitrogens with zero attached hydrogens (tertiary/aromatic N) is 2. The van der Waals surface area contributed by atoms with E-state index < -0.39 is 11.6 Å². The van der Waals surface area contributed by atoms with Crippen LogP contribution in [-0.4, -0.2) is 9.91 Å². The maximum absolute atomic E-state index is 12.2. The highest BCUT2D eigenvalue weighted by Gasteiger charge is 2.16. The van der Waals surface area contributed by atoms with Crippen molar-refractivity contribution in [3.8, 4) is 0 Å². The molecule has 1 aromatic heterocycles. The average Bonchev–Trinajstić information content (AvgIpc) is 2.03. The Morgan fingerprint density at radius 2 is 2.33 bits per heavy atom. The fourth-order valence-electron chi connectivity index (χ4n) is 0.741. The van der Waals surface area contributed by atoms with Crippen LogP contribution in [0, 0.1) is 10.1 Å². The summed E-state index contributed by atoms with van der Waals surface area (Å²) in [5.74, 6) is 0. The first kappa shape index (κ1) is 9.05. The standard InChI is InChI=1S/C6H4BrFN2O2/c7-5-2-9-3-6(10(11)12)4(5)1-8/h2-3H,1H2. The second-order valence-electron chi connectivity index (χ2n) is 2.01. The predicted octanol–water partition coefficient (Wildman–Crippen LogP) is 2.22. The van der Waals surface area contributed by atoms with Crippen LogP contribution in [0.4, 0.5) is 10.1 Å². The summed E-state index contributed by atoms with van der Waals surface area (Å²) in [4.78, 5) is 13.2. The van der Waals surface area contributed by atoms with Crippen LogP contribution < -0.4 is 0 Å². The number of aromatic nitrogens is 1. The van der Waals surface area contributed by atoms with E-state index in [1.165, 1.54) is 6.20 Å². The minimum Gasteiger partial charge on any atom is -0.258 e. The van der Waals surface area contributed by atoms with E-state index in [2.05, 4.69) is 20.9 Å². The first-order chi connectivity index (χ1) is 5.66. The Hall–Kier alpha value is -1.04. The molecule has 0 aliphatic carbocycles. The third-order valence-corrected chi connectivity index (χ3v) is 2.00. The van der Waals surface area contributed by atoms with Gasteiger partial charge in [-0.2, -0.15) is 0 Å². The van der Waals surface area contributed by atoms with Crippen LogP contribution in [0.1, 0.15) is 5.56 Å². The Balaban J connectivity index is 3.27. The van der Waals surface area contributed by atoms with Gasteiger partial charge in [0.25, 0.3) is 5.69 Å². The molecule has 0 atom stereocenters. The monoisotopic (exact) mass is 234 g/mol. The summed E-state index contributed by atoms with van der Waals surface area (Å²) < 4.78 is 12.6. The minimum atomic E-state index is -0.876. The van der Waals surface area contributed by atoms with Crippen LogP contribution >= 0.6 is 15.9 Å². The summed E-state index contributed by atoms with van der Waals surface area (Å²) in [6.07, 6.45) is 2.35. The fourth-order valence-corrected chi connectivity index (χ4v) is 1.17. The van der Waals surface area contributed by atoms with Gasteiger partial charge < -0.3 is 0 Å². The normalized spacial score (nSPS) is 9.83. The Labute approximate surface area is 75.7 Å². The molecule has 6 heteroatoms. The van der Waals surface area contributed by atoms with E-state index in [9.17, 15) is 14.5 Å². The van der Waals surface area contributed by atoms with E-state index in [0.29, 0.717) is 4.47 Å². The second kappa shape index (κ2) is 3.57. The van der Waals surface area contributed by atoms with Crippen molar-refractivity contribution in [2.24, 2.45) is 0 Å². The molecule has 0 radical (unpaired) electrons. The molecule has 0 aliphatic heterocycles. The minimum absolute atomic E-state index is 0.0231. The maximum Gasteiger partial charge on any atom is 0.294 e. The summed E-state index contributed by atoms with van der Waals surface area (Å²) in [5.41, 5.74) is -0.276. The molecule has 0 unspecified atom stereocenters. The Kier molecular flexibility index (Phi) is 2.69. The van der Waals surface area contributed by atoms with Gasteiger partial charge in [-0.05, 0) is 15.9 Å². The Morgan fingerprint density at radius 1 is 1.67 bits per heavy atom. The summed E-state index contributed by atoms with van der Waals surface area (Å²) in [5, 5.41) is 10.3. The molecule has 12 heavy (non-hydrogen) atoms. The molecule has 1 rings (SSSR count). The molecule has 0 aromatic carbocycles. The number of hydrogen-bond donors (Lipinski definition) is 0. The van der Waals surface area contributed by atoms with Gasteiger partial charge in [-0.25, -0.2) is 4.39 Å². The van der Waals surface area contributed by atoms with Crippen LogP contribution in [0.2, 0.25) is 0 Å². The Morgan fingerprint density at radius 3 is 2.75 bits per heavy atom. The van der Waals surface area contributed by atoms with E-state index in [1.807, 2.05) is 0 Å².